The van der Waals surface area contributed by atoms with Gasteiger partial charge in [0.25, 0.3) is 0 Å². The molecule has 0 aliphatic carbocycles. The summed E-state index contributed by atoms with van der Waals surface area (Å²) < 4.78 is 0. The molecule has 0 bridgehead atoms. The van der Waals surface area contributed by atoms with Crippen LogP contribution >= 0.6 is 0 Å². The Morgan fingerprint density at radius 3 is 2.76 bits per heavy atom. The number of nitrogen functional groups attached to an aromatic ring is 1. The Labute approximate surface area is 103 Å². The Morgan fingerprint density at radius 2 is 2.06 bits per heavy atom. The van der Waals surface area contributed by atoms with E-state index >= 15 is 0 Å². The predicted molar refractivity (Wildman–Crippen MR) is 72.3 cm³/mol. The molecule has 1 aromatic carbocycles. The van der Waals surface area contributed by atoms with Gasteiger partial charge in [-0.15, -0.1) is 0 Å². The minimum absolute atomic E-state index is 0.502. The van der Waals surface area contributed by atoms with E-state index in [4.69, 9.17) is 5.73 Å². The number of aryl methyl sites for hydroxylation is 1. The molecule has 1 fully saturated rings. The molecule has 0 radical (unpaired) electrons. The lowest BCUT2D eigenvalue weighted by molar-refractivity contribution is 0.0481. The largest absolute Gasteiger partial charge is 0.399 e. The lowest BCUT2D eigenvalue weighted by Gasteiger charge is -2.24. The van der Waals surface area contributed by atoms with Crippen LogP contribution in [0.5, 0.6) is 0 Å². The first-order valence-electron chi connectivity index (χ1n) is 6.31. The molecule has 0 spiro atoms. The third-order valence-corrected chi connectivity index (χ3v) is 3.68. The summed E-state index contributed by atoms with van der Waals surface area (Å²) in [5.41, 5.74) is 8.52. The van der Waals surface area contributed by atoms with Crippen molar-refractivity contribution in [2.45, 2.75) is 38.7 Å². The van der Waals surface area contributed by atoms with Crippen LogP contribution in [0, 0.1) is 6.92 Å². The summed E-state index contributed by atoms with van der Waals surface area (Å²) in [6, 6.07) is 6.17. The van der Waals surface area contributed by atoms with Gasteiger partial charge < -0.3 is 15.7 Å². The minimum atomic E-state index is -0.502. The molecular formula is C14H22N2O. The van der Waals surface area contributed by atoms with Crippen molar-refractivity contribution in [3.05, 3.63) is 23.8 Å². The molecule has 3 heteroatoms. The third kappa shape index (κ3) is 2.91. The maximum atomic E-state index is 10.1. The quantitative estimate of drug-likeness (QED) is 0.733. The zero-order valence-electron chi connectivity index (χ0n) is 10.7. The molecule has 0 amide bonds. The fourth-order valence-electron chi connectivity index (χ4n) is 2.38. The van der Waals surface area contributed by atoms with E-state index in [0.29, 0.717) is 0 Å². The Balaban J connectivity index is 2.14. The van der Waals surface area contributed by atoms with Crippen LogP contribution in [-0.2, 0) is 0 Å². The Kier molecular flexibility index (Phi) is 3.29. The molecule has 0 aromatic heterocycles. The molecule has 1 atom stereocenters. The van der Waals surface area contributed by atoms with Crippen LogP contribution in [-0.4, -0.2) is 23.8 Å². The van der Waals surface area contributed by atoms with Crippen molar-refractivity contribution in [3.8, 4) is 0 Å². The van der Waals surface area contributed by atoms with Gasteiger partial charge >= 0.3 is 0 Å². The molecule has 3 N–H and O–H groups in total. The van der Waals surface area contributed by atoms with Gasteiger partial charge in [0.2, 0.25) is 0 Å². The predicted octanol–water partition coefficient (Wildman–Crippen LogP) is 2.32. The van der Waals surface area contributed by atoms with Crippen LogP contribution in [0.4, 0.5) is 11.4 Å². The van der Waals surface area contributed by atoms with Gasteiger partial charge in [-0.3, -0.25) is 0 Å². The monoisotopic (exact) mass is 234 g/mol. The number of benzene rings is 1. The second-order valence-corrected chi connectivity index (χ2v) is 5.38. The number of rotatable bonds is 1. The highest BCUT2D eigenvalue weighted by Crippen LogP contribution is 2.27. The summed E-state index contributed by atoms with van der Waals surface area (Å²) >= 11 is 0. The fourth-order valence-corrected chi connectivity index (χ4v) is 2.38. The molecule has 1 aliphatic heterocycles. The molecule has 2 rings (SSSR count). The van der Waals surface area contributed by atoms with Gasteiger partial charge in [-0.1, -0.05) is 0 Å². The van der Waals surface area contributed by atoms with Crippen molar-refractivity contribution in [3.63, 3.8) is 0 Å². The molecule has 0 saturated carbocycles. The van der Waals surface area contributed by atoms with Crippen molar-refractivity contribution < 1.29 is 5.11 Å². The van der Waals surface area contributed by atoms with E-state index in [1.165, 1.54) is 5.69 Å². The van der Waals surface area contributed by atoms with Gasteiger partial charge in [-0.2, -0.15) is 0 Å². The second kappa shape index (κ2) is 4.57. The summed E-state index contributed by atoms with van der Waals surface area (Å²) in [6.07, 6.45) is 2.75. The maximum Gasteiger partial charge on any atom is 0.0637 e. The van der Waals surface area contributed by atoms with E-state index in [-0.39, 0.29) is 0 Å². The molecule has 1 aliphatic rings. The second-order valence-electron chi connectivity index (χ2n) is 5.38. The standard InChI is InChI=1S/C14H22N2O/c1-11-10-12(4-5-13(11)15)16-8-3-6-14(2,17)7-9-16/h4-5,10,17H,3,6-9,15H2,1-2H3. The Morgan fingerprint density at radius 1 is 1.29 bits per heavy atom. The third-order valence-electron chi connectivity index (χ3n) is 3.68. The van der Waals surface area contributed by atoms with Crippen molar-refractivity contribution >= 4 is 11.4 Å². The highest BCUT2D eigenvalue weighted by atomic mass is 16.3. The van der Waals surface area contributed by atoms with E-state index in [1.54, 1.807) is 0 Å². The summed E-state index contributed by atoms with van der Waals surface area (Å²) in [4.78, 5) is 2.34. The lowest BCUT2D eigenvalue weighted by atomic mass is 9.98. The molecule has 1 saturated heterocycles. The van der Waals surface area contributed by atoms with Gasteiger partial charge in [0.1, 0.15) is 0 Å². The molecule has 1 aromatic rings. The highest BCUT2D eigenvalue weighted by molar-refractivity contribution is 5.58. The lowest BCUT2D eigenvalue weighted by Crippen LogP contribution is -2.28. The zero-order chi connectivity index (χ0) is 12.5. The SMILES string of the molecule is Cc1cc(N2CCCC(C)(O)CC2)ccc1N. The molecule has 1 unspecified atom stereocenters. The number of nitrogens with two attached hydrogens (primary N) is 1. The zero-order valence-corrected chi connectivity index (χ0v) is 10.7. The van der Waals surface area contributed by atoms with Gasteiger partial charge in [0.15, 0.2) is 0 Å². The number of hydrogen-bond acceptors (Lipinski definition) is 3. The molecule has 94 valence electrons. The smallest absolute Gasteiger partial charge is 0.0637 e. The first-order valence-corrected chi connectivity index (χ1v) is 6.31. The first-order chi connectivity index (χ1) is 7.98. The van der Waals surface area contributed by atoms with Crippen LogP contribution in [0.1, 0.15) is 31.7 Å². The van der Waals surface area contributed by atoms with Crippen molar-refractivity contribution in [2.75, 3.05) is 23.7 Å². The Hall–Kier alpha value is -1.22. The molecule has 3 nitrogen and oxygen atoms in total. The maximum absolute atomic E-state index is 10.1. The molecule has 17 heavy (non-hydrogen) atoms. The average molecular weight is 234 g/mol. The summed E-state index contributed by atoms with van der Waals surface area (Å²) in [7, 11) is 0. The normalized spacial score (nSPS) is 25.7. The van der Waals surface area contributed by atoms with Crippen LogP contribution in [0.3, 0.4) is 0 Å². The topological polar surface area (TPSA) is 49.5 Å². The van der Waals surface area contributed by atoms with Crippen molar-refractivity contribution in [1.82, 2.24) is 0 Å². The minimum Gasteiger partial charge on any atom is -0.399 e. The highest BCUT2D eigenvalue weighted by Gasteiger charge is 2.24. The van der Waals surface area contributed by atoms with Crippen molar-refractivity contribution in [2.24, 2.45) is 0 Å². The van der Waals surface area contributed by atoms with E-state index in [9.17, 15) is 5.11 Å². The van der Waals surface area contributed by atoms with E-state index in [0.717, 1.165) is 43.6 Å². The summed E-state index contributed by atoms with van der Waals surface area (Å²) in [6.45, 7) is 5.90. The average Bonchev–Trinajstić information content (AvgIpc) is 2.44. The summed E-state index contributed by atoms with van der Waals surface area (Å²) in [5.74, 6) is 0. The summed E-state index contributed by atoms with van der Waals surface area (Å²) in [5, 5.41) is 10.1. The van der Waals surface area contributed by atoms with Gasteiger partial charge in [0, 0.05) is 24.5 Å². The van der Waals surface area contributed by atoms with E-state index in [2.05, 4.69) is 17.0 Å². The van der Waals surface area contributed by atoms with Gasteiger partial charge in [-0.05, 0) is 56.9 Å². The number of hydrogen-bond donors (Lipinski definition) is 2. The van der Waals surface area contributed by atoms with Gasteiger partial charge in [-0.25, -0.2) is 0 Å². The first kappa shape index (κ1) is 12.2. The van der Waals surface area contributed by atoms with E-state index in [1.807, 2.05) is 19.9 Å². The van der Waals surface area contributed by atoms with Crippen LogP contribution < -0.4 is 10.6 Å². The van der Waals surface area contributed by atoms with E-state index < -0.39 is 5.60 Å². The van der Waals surface area contributed by atoms with Crippen molar-refractivity contribution in [1.29, 1.82) is 0 Å². The fraction of sp³-hybridized carbons (Fsp3) is 0.571. The van der Waals surface area contributed by atoms with Crippen LogP contribution in [0.2, 0.25) is 0 Å². The number of nitrogens with zero attached hydrogens (tertiary/aromatic N) is 1. The van der Waals surface area contributed by atoms with Gasteiger partial charge in [0.05, 0.1) is 5.60 Å². The number of aliphatic hydroxyl groups is 1. The van der Waals surface area contributed by atoms with Crippen LogP contribution in [0.15, 0.2) is 18.2 Å². The Bertz CT molecular complexity index is 401. The van der Waals surface area contributed by atoms with Crippen LogP contribution in [0.25, 0.3) is 0 Å². The molecular weight excluding hydrogens is 212 g/mol. The molecule has 1 heterocycles. The number of anilines is 2.